The van der Waals surface area contributed by atoms with Gasteiger partial charge in [0.1, 0.15) is 5.82 Å². The van der Waals surface area contributed by atoms with Crippen LogP contribution in [0.1, 0.15) is 41.4 Å². The number of hydrogen-bond donors (Lipinski definition) is 3. The summed E-state index contributed by atoms with van der Waals surface area (Å²) < 4.78 is 0. The zero-order valence-corrected chi connectivity index (χ0v) is 14.4. The Balaban J connectivity index is 1.57. The van der Waals surface area contributed by atoms with Crippen molar-refractivity contribution < 1.29 is 0 Å². The molecule has 1 fully saturated rings. The van der Waals surface area contributed by atoms with Crippen molar-refractivity contribution in [1.82, 2.24) is 25.4 Å². The van der Waals surface area contributed by atoms with Gasteiger partial charge in [-0.25, -0.2) is 4.98 Å². The van der Waals surface area contributed by atoms with Gasteiger partial charge in [-0.1, -0.05) is 23.7 Å². The molecule has 0 unspecified atom stereocenters. The zero-order chi connectivity index (χ0) is 16.7. The van der Waals surface area contributed by atoms with Crippen molar-refractivity contribution in [2.24, 2.45) is 0 Å². The smallest absolute Gasteiger partial charge is 0.181 e. The van der Waals surface area contributed by atoms with Crippen molar-refractivity contribution >= 4 is 17.3 Å². The molecule has 6 nitrogen and oxygen atoms in total. The number of nitrogens with one attached hydrogen (secondary N) is 3. The van der Waals surface area contributed by atoms with E-state index in [0.717, 1.165) is 22.6 Å². The minimum Gasteiger partial charge on any atom is -0.381 e. The lowest BCUT2D eigenvalue weighted by atomic mass is 10.1. The first-order valence-corrected chi connectivity index (χ1v) is 8.46. The highest BCUT2D eigenvalue weighted by molar-refractivity contribution is 6.30. The lowest BCUT2D eigenvalue weighted by Crippen LogP contribution is -2.03. The van der Waals surface area contributed by atoms with Crippen LogP contribution in [0.5, 0.6) is 0 Å². The highest BCUT2D eigenvalue weighted by Gasteiger charge is 2.29. The summed E-state index contributed by atoms with van der Waals surface area (Å²) in [5, 5.41) is 18.4. The maximum Gasteiger partial charge on any atom is 0.181 e. The van der Waals surface area contributed by atoms with E-state index in [4.69, 9.17) is 11.6 Å². The van der Waals surface area contributed by atoms with Gasteiger partial charge in [-0.15, -0.1) is 0 Å². The largest absolute Gasteiger partial charge is 0.381 e. The summed E-state index contributed by atoms with van der Waals surface area (Å²) in [4.78, 5) is 4.39. The van der Waals surface area contributed by atoms with Crippen LogP contribution in [0.25, 0.3) is 11.4 Å². The average molecular weight is 343 g/mol. The zero-order valence-electron chi connectivity index (χ0n) is 13.7. The van der Waals surface area contributed by atoms with E-state index in [1.54, 1.807) is 0 Å². The molecular weight excluding hydrogens is 324 g/mol. The average Bonchev–Trinajstić information content (AvgIpc) is 3.22. The third-order valence-corrected chi connectivity index (χ3v) is 4.70. The van der Waals surface area contributed by atoms with Gasteiger partial charge >= 0.3 is 0 Å². The maximum atomic E-state index is 6.25. The van der Waals surface area contributed by atoms with E-state index in [9.17, 15) is 0 Å². The van der Waals surface area contributed by atoms with E-state index in [1.165, 1.54) is 24.1 Å². The number of nitrogens with zero attached hydrogens (tertiary/aromatic N) is 3. The Morgan fingerprint density at radius 1 is 1.21 bits per heavy atom. The summed E-state index contributed by atoms with van der Waals surface area (Å²) in [5.74, 6) is 2.10. The molecule has 1 saturated carbocycles. The number of aromatic nitrogens is 5. The minimum absolute atomic E-state index is 0.558. The Kier molecular flexibility index (Phi) is 3.76. The van der Waals surface area contributed by atoms with Crippen molar-refractivity contribution in [2.75, 3.05) is 5.32 Å². The number of rotatable bonds is 5. The molecule has 2 heterocycles. The fraction of sp³-hybridized carbons (Fsp3) is 0.353. The predicted molar refractivity (Wildman–Crippen MR) is 94.2 cm³/mol. The van der Waals surface area contributed by atoms with E-state index in [2.05, 4.69) is 49.8 Å². The van der Waals surface area contributed by atoms with Crippen LogP contribution in [-0.4, -0.2) is 25.4 Å². The molecule has 0 aliphatic heterocycles. The van der Waals surface area contributed by atoms with Crippen LogP contribution in [0, 0.1) is 13.8 Å². The van der Waals surface area contributed by atoms with E-state index in [-0.39, 0.29) is 0 Å². The van der Waals surface area contributed by atoms with Crippen LogP contribution >= 0.6 is 11.6 Å². The molecule has 1 aliphatic carbocycles. The topological polar surface area (TPSA) is 82.3 Å². The first-order valence-electron chi connectivity index (χ1n) is 8.08. The Hall–Kier alpha value is -2.34. The van der Waals surface area contributed by atoms with Gasteiger partial charge in [-0.2, -0.15) is 10.2 Å². The Labute approximate surface area is 145 Å². The lowest BCUT2D eigenvalue weighted by molar-refractivity contribution is 0.947. The third-order valence-electron chi connectivity index (χ3n) is 4.38. The van der Waals surface area contributed by atoms with Crippen molar-refractivity contribution in [3.8, 4) is 11.4 Å². The van der Waals surface area contributed by atoms with Gasteiger partial charge < -0.3 is 5.32 Å². The summed E-state index contributed by atoms with van der Waals surface area (Å²) in [5.41, 5.74) is 5.43. The Morgan fingerprint density at radius 3 is 2.75 bits per heavy atom. The van der Waals surface area contributed by atoms with Crippen LogP contribution in [0.4, 0.5) is 5.69 Å². The van der Waals surface area contributed by atoms with Crippen molar-refractivity contribution in [2.45, 2.75) is 39.2 Å². The predicted octanol–water partition coefficient (Wildman–Crippen LogP) is 3.95. The van der Waals surface area contributed by atoms with Crippen LogP contribution in [0.2, 0.25) is 5.15 Å². The normalized spacial score (nSPS) is 14.1. The summed E-state index contributed by atoms with van der Waals surface area (Å²) in [6, 6.07) is 6.18. The number of benzene rings is 1. The number of aryl methyl sites for hydroxylation is 2. The molecule has 3 N–H and O–H groups in total. The third kappa shape index (κ3) is 2.89. The number of halogens is 1. The molecule has 7 heteroatoms. The number of aromatic amines is 2. The van der Waals surface area contributed by atoms with Gasteiger partial charge in [-0.3, -0.25) is 10.2 Å². The fourth-order valence-corrected chi connectivity index (χ4v) is 3.05. The molecule has 0 saturated heterocycles. The molecule has 24 heavy (non-hydrogen) atoms. The lowest BCUT2D eigenvalue weighted by Gasteiger charge is -2.11. The molecule has 0 spiro atoms. The second-order valence-corrected chi connectivity index (χ2v) is 6.67. The Morgan fingerprint density at radius 2 is 2.04 bits per heavy atom. The molecule has 0 radical (unpaired) electrons. The second kappa shape index (κ2) is 5.94. The van der Waals surface area contributed by atoms with Crippen LogP contribution in [-0.2, 0) is 6.54 Å². The fourth-order valence-electron chi connectivity index (χ4n) is 2.84. The Bertz CT molecular complexity index is 877. The van der Waals surface area contributed by atoms with E-state index < -0.39 is 0 Å². The van der Waals surface area contributed by atoms with Gasteiger partial charge in [0.15, 0.2) is 11.0 Å². The highest BCUT2D eigenvalue weighted by Crippen LogP contribution is 2.42. The monoisotopic (exact) mass is 342 g/mol. The van der Waals surface area contributed by atoms with Crippen molar-refractivity contribution in [1.29, 1.82) is 0 Å². The molecule has 0 atom stereocenters. The summed E-state index contributed by atoms with van der Waals surface area (Å²) >= 11 is 6.25. The molecule has 2 aromatic heterocycles. The molecule has 1 aliphatic rings. The molecular formula is C17H19ClN6. The van der Waals surface area contributed by atoms with Crippen LogP contribution < -0.4 is 5.32 Å². The number of anilines is 1. The van der Waals surface area contributed by atoms with Gasteiger partial charge in [0, 0.05) is 35.0 Å². The van der Waals surface area contributed by atoms with E-state index >= 15 is 0 Å². The van der Waals surface area contributed by atoms with Crippen LogP contribution in [0.3, 0.4) is 0 Å². The van der Waals surface area contributed by atoms with Crippen molar-refractivity contribution in [3.05, 3.63) is 46.0 Å². The molecule has 0 amide bonds. The SMILES string of the molecule is Cc1nc(-c2ccc(C)c(NCc3c(Cl)n[nH]c3C3CC3)c2)n[nH]1. The van der Waals surface area contributed by atoms with Gasteiger partial charge in [0.25, 0.3) is 0 Å². The minimum atomic E-state index is 0.558. The molecule has 1 aromatic carbocycles. The first kappa shape index (κ1) is 15.2. The second-order valence-electron chi connectivity index (χ2n) is 6.31. The summed E-state index contributed by atoms with van der Waals surface area (Å²) in [6.45, 7) is 4.62. The quantitative estimate of drug-likeness (QED) is 0.655. The highest BCUT2D eigenvalue weighted by atomic mass is 35.5. The van der Waals surface area contributed by atoms with Crippen LogP contribution in [0.15, 0.2) is 18.2 Å². The van der Waals surface area contributed by atoms with Gasteiger partial charge in [0.2, 0.25) is 0 Å². The molecule has 124 valence electrons. The van der Waals surface area contributed by atoms with Gasteiger partial charge in [-0.05, 0) is 38.3 Å². The van der Waals surface area contributed by atoms with E-state index in [1.807, 2.05) is 13.0 Å². The number of H-pyrrole nitrogens is 2. The first-order chi connectivity index (χ1) is 11.6. The molecule has 0 bridgehead atoms. The maximum absolute atomic E-state index is 6.25. The molecule has 3 aromatic rings. The summed E-state index contributed by atoms with van der Waals surface area (Å²) in [7, 11) is 0. The van der Waals surface area contributed by atoms with Gasteiger partial charge in [0.05, 0.1) is 0 Å². The standard InChI is InChI=1S/C17H19ClN6/c1-9-3-4-12(17-20-10(2)21-24-17)7-14(9)19-8-13-15(11-5-6-11)22-23-16(13)18/h3-4,7,11,19H,5-6,8H2,1-2H3,(H,22,23)(H,20,21,24). The summed E-state index contributed by atoms with van der Waals surface area (Å²) in [6.07, 6.45) is 2.43. The molecule has 4 rings (SSSR count). The number of hydrogen-bond acceptors (Lipinski definition) is 4. The van der Waals surface area contributed by atoms with Crippen molar-refractivity contribution in [3.63, 3.8) is 0 Å². The van der Waals surface area contributed by atoms with E-state index in [0.29, 0.717) is 23.4 Å².